The molecule has 7 N–H and O–H groups in total. The minimum absolute atomic E-state index is 0.0299. The lowest BCUT2D eigenvalue weighted by atomic mass is 9.97. The van der Waals surface area contributed by atoms with Crippen molar-refractivity contribution in [3.05, 3.63) is 81.1 Å². The number of aliphatic imine (C=N–C) groups is 1. The number of aromatic amines is 1. The number of ether oxygens (including phenoxy) is 1. The van der Waals surface area contributed by atoms with E-state index in [0.29, 0.717) is 34.5 Å². The van der Waals surface area contributed by atoms with Gasteiger partial charge in [0, 0.05) is 29.7 Å². The third-order valence-electron chi connectivity index (χ3n) is 7.65. The molecule has 42 heavy (non-hydrogen) atoms. The highest BCUT2D eigenvalue weighted by Gasteiger charge is 2.23. The van der Waals surface area contributed by atoms with Crippen LogP contribution in [0.2, 0.25) is 5.02 Å². The van der Waals surface area contributed by atoms with Gasteiger partial charge in [-0.1, -0.05) is 23.7 Å². The number of aromatic nitrogens is 3. The molecule has 0 unspecified atom stereocenters. The Kier molecular flexibility index (Phi) is 9.25. The van der Waals surface area contributed by atoms with Gasteiger partial charge < -0.3 is 26.9 Å². The van der Waals surface area contributed by atoms with Gasteiger partial charge in [0.25, 0.3) is 0 Å². The molecule has 11 heteroatoms. The molecule has 1 saturated heterocycles. The normalized spacial score (nSPS) is 17.8. The molecule has 9 nitrogen and oxygen atoms in total. The number of fused-ring (bicyclic) bond motifs is 1. The Morgan fingerprint density at radius 2 is 2.02 bits per heavy atom. The molecule has 0 radical (unpaired) electrons. The maximum absolute atomic E-state index is 15.1. The van der Waals surface area contributed by atoms with Gasteiger partial charge in [-0.25, -0.2) is 9.18 Å². The summed E-state index contributed by atoms with van der Waals surface area (Å²) in [6, 6.07) is 13.1. The first-order valence-corrected chi connectivity index (χ1v) is 14.7. The summed E-state index contributed by atoms with van der Waals surface area (Å²) in [6.45, 7) is 2.50. The number of halogens is 2. The third kappa shape index (κ3) is 7.00. The van der Waals surface area contributed by atoms with E-state index >= 15 is 4.39 Å². The third-order valence-corrected chi connectivity index (χ3v) is 7.92. The van der Waals surface area contributed by atoms with Crippen molar-refractivity contribution < 1.29 is 9.13 Å². The van der Waals surface area contributed by atoms with Crippen molar-refractivity contribution in [1.82, 2.24) is 14.5 Å². The number of nitrogens with one attached hydrogen (secondary N) is 1. The van der Waals surface area contributed by atoms with Gasteiger partial charge in [0.15, 0.2) is 11.8 Å². The summed E-state index contributed by atoms with van der Waals surface area (Å²) in [5, 5.41) is 0.724. The van der Waals surface area contributed by atoms with Crippen LogP contribution < -0.4 is 22.9 Å². The van der Waals surface area contributed by atoms with Crippen LogP contribution in [0.3, 0.4) is 0 Å². The van der Waals surface area contributed by atoms with E-state index in [1.54, 1.807) is 24.4 Å². The lowest BCUT2D eigenvalue weighted by Gasteiger charge is -2.30. The van der Waals surface area contributed by atoms with Gasteiger partial charge in [0.1, 0.15) is 5.65 Å². The SMILES string of the molecule is C[C@H](N)CCCc1cc(Cl)c(F)c(-c2cc3cn(-c4ccc([C@@H]5CCC[C@H](CCN=C(N)N)O5)cc4)c(=O)nc3[nH]2)c1. The van der Waals surface area contributed by atoms with Crippen LogP contribution >= 0.6 is 11.6 Å². The van der Waals surface area contributed by atoms with Crippen LogP contribution in [-0.2, 0) is 11.2 Å². The maximum Gasteiger partial charge on any atom is 0.354 e. The van der Waals surface area contributed by atoms with Crippen molar-refractivity contribution in [1.29, 1.82) is 0 Å². The second-order valence-electron chi connectivity index (χ2n) is 11.1. The average molecular weight is 594 g/mol. The van der Waals surface area contributed by atoms with E-state index in [-0.39, 0.29) is 29.2 Å². The van der Waals surface area contributed by atoms with E-state index < -0.39 is 11.5 Å². The van der Waals surface area contributed by atoms with E-state index in [0.717, 1.165) is 56.1 Å². The Labute approximate surface area is 248 Å². The summed E-state index contributed by atoms with van der Waals surface area (Å²) in [6.07, 6.45) is 7.96. The second-order valence-corrected chi connectivity index (χ2v) is 11.5. The Balaban J connectivity index is 1.35. The molecule has 3 atom stereocenters. The Bertz CT molecular complexity index is 1630. The number of guanidine groups is 1. The Morgan fingerprint density at radius 3 is 2.76 bits per heavy atom. The van der Waals surface area contributed by atoms with Crippen molar-refractivity contribution in [3.8, 4) is 16.9 Å². The lowest BCUT2D eigenvalue weighted by molar-refractivity contribution is -0.0535. The summed E-state index contributed by atoms with van der Waals surface area (Å²) in [4.78, 5) is 24.4. The molecular weight excluding hydrogens is 557 g/mol. The molecule has 0 aliphatic carbocycles. The van der Waals surface area contributed by atoms with Crippen LogP contribution in [-0.4, -0.2) is 39.2 Å². The van der Waals surface area contributed by atoms with Crippen LogP contribution in [0.5, 0.6) is 0 Å². The van der Waals surface area contributed by atoms with Crippen molar-refractivity contribution in [3.63, 3.8) is 0 Å². The molecule has 1 aliphatic heterocycles. The second kappa shape index (κ2) is 13.1. The molecule has 2 aromatic heterocycles. The largest absolute Gasteiger partial charge is 0.370 e. The number of benzene rings is 2. The summed E-state index contributed by atoms with van der Waals surface area (Å²) in [5.41, 5.74) is 20.1. The molecule has 222 valence electrons. The predicted octanol–water partition coefficient (Wildman–Crippen LogP) is 5.12. The first-order chi connectivity index (χ1) is 20.2. The van der Waals surface area contributed by atoms with Crippen LogP contribution in [0.15, 0.2) is 58.4 Å². The van der Waals surface area contributed by atoms with E-state index in [1.807, 2.05) is 31.2 Å². The fraction of sp³-hybridized carbons (Fsp3) is 0.387. The number of H-pyrrole nitrogens is 1. The first kappa shape index (κ1) is 29.8. The standard InChI is InChI=1S/C31H37ClFN7O2/c1-18(34)4-2-5-19-14-24(28(33)25(32)15-19)26-16-21-17-40(31(41)39-29(21)38-26)22-10-8-20(9-11-22)27-7-3-6-23(42-27)12-13-37-30(35)36/h8-11,14-18,23,27H,2-7,12-13,34H2,1H3,(H4,35,36,37)(H,38,39,41)/t18-,23+,27-/m0/s1. The molecule has 1 aliphatic rings. The molecule has 3 heterocycles. The molecule has 5 rings (SSSR count). The number of hydrogen-bond donors (Lipinski definition) is 4. The summed E-state index contributed by atoms with van der Waals surface area (Å²) >= 11 is 6.24. The van der Waals surface area contributed by atoms with E-state index in [9.17, 15) is 4.79 Å². The molecular formula is C31H37ClFN7O2. The summed E-state index contributed by atoms with van der Waals surface area (Å²) in [5.74, 6) is -0.431. The zero-order chi connectivity index (χ0) is 29.8. The van der Waals surface area contributed by atoms with E-state index in [4.69, 9.17) is 33.5 Å². The van der Waals surface area contributed by atoms with Gasteiger partial charge in [-0.05, 0) is 93.3 Å². The number of nitrogens with zero attached hydrogens (tertiary/aromatic N) is 3. The van der Waals surface area contributed by atoms with Crippen molar-refractivity contribution in [2.75, 3.05) is 6.54 Å². The van der Waals surface area contributed by atoms with Gasteiger partial charge in [0.2, 0.25) is 0 Å². The van der Waals surface area contributed by atoms with Crippen LogP contribution in [0.1, 0.15) is 62.7 Å². The maximum atomic E-state index is 15.1. The number of aryl methyl sites for hydroxylation is 1. The molecule has 0 saturated carbocycles. The van der Waals surface area contributed by atoms with Crippen molar-refractivity contribution in [2.24, 2.45) is 22.2 Å². The highest BCUT2D eigenvalue weighted by atomic mass is 35.5. The molecule has 0 spiro atoms. The summed E-state index contributed by atoms with van der Waals surface area (Å²) < 4.78 is 22.9. The molecule has 2 aromatic carbocycles. The highest BCUT2D eigenvalue weighted by molar-refractivity contribution is 6.31. The zero-order valence-electron chi connectivity index (χ0n) is 23.7. The first-order valence-electron chi connectivity index (χ1n) is 14.4. The van der Waals surface area contributed by atoms with Crippen LogP contribution in [0, 0.1) is 5.82 Å². The lowest BCUT2D eigenvalue weighted by Crippen LogP contribution is -2.26. The smallest absolute Gasteiger partial charge is 0.354 e. The summed E-state index contributed by atoms with van der Waals surface area (Å²) in [7, 11) is 0. The van der Waals surface area contributed by atoms with Crippen LogP contribution in [0.4, 0.5) is 4.39 Å². The molecule has 0 bridgehead atoms. The van der Waals surface area contributed by atoms with Gasteiger partial charge >= 0.3 is 5.69 Å². The topological polar surface area (TPSA) is 150 Å². The monoisotopic (exact) mass is 593 g/mol. The van der Waals surface area contributed by atoms with Crippen molar-refractivity contribution >= 4 is 28.6 Å². The van der Waals surface area contributed by atoms with Crippen LogP contribution in [0.25, 0.3) is 28.0 Å². The van der Waals surface area contributed by atoms with E-state index in [1.165, 1.54) is 4.57 Å². The fourth-order valence-electron chi connectivity index (χ4n) is 5.48. The fourth-order valence-corrected chi connectivity index (χ4v) is 5.72. The quantitative estimate of drug-likeness (QED) is 0.148. The number of rotatable bonds is 10. The molecule has 4 aromatic rings. The highest BCUT2D eigenvalue weighted by Crippen LogP contribution is 2.33. The molecule has 1 fully saturated rings. The van der Waals surface area contributed by atoms with Gasteiger partial charge in [-0.3, -0.25) is 9.56 Å². The average Bonchev–Trinajstić information content (AvgIpc) is 3.37. The van der Waals surface area contributed by atoms with E-state index in [2.05, 4.69) is 15.0 Å². The Morgan fingerprint density at radius 1 is 1.24 bits per heavy atom. The molecule has 0 amide bonds. The number of hydrogen-bond acceptors (Lipinski definition) is 5. The van der Waals surface area contributed by atoms with Gasteiger partial charge in [0.05, 0.1) is 28.6 Å². The predicted molar refractivity (Wildman–Crippen MR) is 165 cm³/mol. The number of nitrogens with two attached hydrogens (primary N) is 3. The van der Waals surface area contributed by atoms with Crippen molar-refractivity contribution in [2.45, 2.75) is 70.1 Å². The zero-order valence-corrected chi connectivity index (χ0v) is 24.4. The van der Waals surface area contributed by atoms with Gasteiger partial charge in [-0.2, -0.15) is 4.98 Å². The Hall–Kier alpha value is -3.73. The van der Waals surface area contributed by atoms with Gasteiger partial charge in [-0.15, -0.1) is 0 Å². The minimum atomic E-state index is -0.520. The minimum Gasteiger partial charge on any atom is -0.370 e.